The molecule has 5 heteroatoms. The van der Waals surface area contributed by atoms with Crippen molar-refractivity contribution < 1.29 is 0 Å². The van der Waals surface area contributed by atoms with Crippen molar-refractivity contribution in [2.45, 2.75) is 70.3 Å². The zero-order valence-corrected chi connectivity index (χ0v) is 19.5. The summed E-state index contributed by atoms with van der Waals surface area (Å²) >= 11 is 0. The highest BCUT2D eigenvalue weighted by atomic mass is 15.2. The average Bonchev–Trinajstić information content (AvgIpc) is 2.98. The minimum absolute atomic E-state index is 0.490. The minimum atomic E-state index is 0.490. The van der Waals surface area contributed by atoms with Gasteiger partial charge in [-0.1, -0.05) is 51.3 Å². The molecule has 0 amide bonds. The Morgan fingerprint density at radius 1 is 1.09 bits per heavy atom. The summed E-state index contributed by atoms with van der Waals surface area (Å²) in [5, 5.41) is 0. The van der Waals surface area contributed by atoms with Crippen LogP contribution < -0.4 is 5.73 Å². The van der Waals surface area contributed by atoms with Gasteiger partial charge in [-0.3, -0.25) is 4.40 Å². The van der Waals surface area contributed by atoms with Crippen molar-refractivity contribution in [3.05, 3.63) is 60.3 Å². The van der Waals surface area contributed by atoms with Crippen LogP contribution in [0.25, 0.3) is 28.5 Å². The van der Waals surface area contributed by atoms with Gasteiger partial charge in [0.2, 0.25) is 0 Å². The molecule has 2 N–H and O–H groups in total. The van der Waals surface area contributed by atoms with E-state index in [4.69, 9.17) is 10.7 Å². The van der Waals surface area contributed by atoms with Gasteiger partial charge in [0.25, 0.3) is 0 Å². The highest BCUT2D eigenvalue weighted by Crippen LogP contribution is 2.43. The standard InChI is InChI=1S/C28H33N5/c1-18-15-22(16-18)28-31-25(26-27(29)30-12-14-33(26)28)21-10-9-20-11-13-32(19(2)24(20)17-21)23-7-5-3-4-6-8-23/h9-14,17-18,22-23H,2-8,15-16H2,1H3,(H2,29,30). The molecule has 0 radical (unpaired) electrons. The van der Waals surface area contributed by atoms with Crippen molar-refractivity contribution in [1.29, 1.82) is 0 Å². The number of anilines is 1. The molecular formula is C28H33N5. The van der Waals surface area contributed by atoms with Gasteiger partial charge < -0.3 is 10.6 Å². The molecule has 0 unspecified atom stereocenters. The lowest BCUT2D eigenvalue weighted by Crippen LogP contribution is -2.30. The summed E-state index contributed by atoms with van der Waals surface area (Å²) in [6.45, 7) is 6.84. The van der Waals surface area contributed by atoms with Crippen LogP contribution in [0, 0.1) is 5.92 Å². The second kappa shape index (κ2) is 8.05. The van der Waals surface area contributed by atoms with Crippen LogP contribution in [0.4, 0.5) is 5.82 Å². The summed E-state index contributed by atoms with van der Waals surface area (Å²) in [4.78, 5) is 12.0. The van der Waals surface area contributed by atoms with Gasteiger partial charge in [-0.05, 0) is 49.3 Å². The summed E-state index contributed by atoms with van der Waals surface area (Å²) in [6.07, 6.45) is 18.5. The predicted octanol–water partition coefficient (Wildman–Crippen LogP) is 6.47. The molecule has 6 rings (SSSR count). The molecule has 1 aromatic carbocycles. The fourth-order valence-electron chi connectivity index (χ4n) is 6.06. The second-order valence-corrected chi connectivity index (χ2v) is 10.2. The van der Waals surface area contributed by atoms with Gasteiger partial charge in [0.1, 0.15) is 22.9 Å². The van der Waals surface area contributed by atoms with E-state index >= 15 is 0 Å². The van der Waals surface area contributed by atoms with Gasteiger partial charge in [-0.15, -0.1) is 0 Å². The van der Waals surface area contributed by atoms with Gasteiger partial charge in [-0.25, -0.2) is 9.97 Å². The van der Waals surface area contributed by atoms with E-state index in [2.05, 4.69) is 58.3 Å². The number of imidazole rings is 1. The zero-order valence-electron chi connectivity index (χ0n) is 19.5. The van der Waals surface area contributed by atoms with E-state index in [1.165, 1.54) is 62.5 Å². The SMILES string of the molecule is C=C1c2cc(-c3nc(C4CC(C)C4)n4ccnc(N)c34)ccc2C=CN1C1CCCCCC1. The first-order valence-electron chi connectivity index (χ1n) is 12.5. The van der Waals surface area contributed by atoms with Crippen molar-refractivity contribution in [3.8, 4) is 11.3 Å². The Kier molecular flexibility index (Phi) is 5.01. The first kappa shape index (κ1) is 20.5. The van der Waals surface area contributed by atoms with Crippen LogP contribution in [0.2, 0.25) is 0 Å². The van der Waals surface area contributed by atoms with Crippen LogP contribution >= 0.6 is 0 Å². The minimum Gasteiger partial charge on any atom is -0.382 e. The van der Waals surface area contributed by atoms with Gasteiger partial charge in [0, 0.05) is 47.4 Å². The molecule has 5 nitrogen and oxygen atoms in total. The molecule has 2 fully saturated rings. The second-order valence-electron chi connectivity index (χ2n) is 10.2. The molecule has 170 valence electrons. The lowest BCUT2D eigenvalue weighted by Gasteiger charge is -2.35. The predicted molar refractivity (Wildman–Crippen MR) is 135 cm³/mol. The maximum Gasteiger partial charge on any atom is 0.150 e. The van der Waals surface area contributed by atoms with E-state index in [1.807, 2.05) is 6.20 Å². The molecule has 2 aliphatic carbocycles. The Labute approximate surface area is 196 Å². The largest absolute Gasteiger partial charge is 0.382 e. The van der Waals surface area contributed by atoms with Crippen LogP contribution in [0.5, 0.6) is 0 Å². The quantitative estimate of drug-likeness (QED) is 0.475. The summed E-state index contributed by atoms with van der Waals surface area (Å²) in [7, 11) is 0. The van der Waals surface area contributed by atoms with E-state index < -0.39 is 0 Å². The van der Waals surface area contributed by atoms with E-state index in [0.29, 0.717) is 17.8 Å². The molecule has 3 aromatic rings. The zero-order chi connectivity index (χ0) is 22.5. The maximum absolute atomic E-state index is 6.39. The third kappa shape index (κ3) is 3.45. The van der Waals surface area contributed by atoms with E-state index in [9.17, 15) is 0 Å². The average molecular weight is 440 g/mol. The fourth-order valence-corrected chi connectivity index (χ4v) is 6.06. The molecule has 3 heterocycles. The normalized spacial score (nSPS) is 23.4. The van der Waals surface area contributed by atoms with Crippen LogP contribution in [0.3, 0.4) is 0 Å². The van der Waals surface area contributed by atoms with Crippen LogP contribution in [0.1, 0.15) is 81.2 Å². The van der Waals surface area contributed by atoms with Crippen molar-refractivity contribution in [2.75, 3.05) is 5.73 Å². The number of nitrogen functional groups attached to an aromatic ring is 1. The smallest absolute Gasteiger partial charge is 0.150 e. The molecule has 2 saturated carbocycles. The number of nitrogens with zero attached hydrogens (tertiary/aromatic N) is 4. The lowest BCUT2D eigenvalue weighted by molar-refractivity contribution is 0.277. The van der Waals surface area contributed by atoms with Crippen molar-refractivity contribution >= 4 is 23.1 Å². The number of hydrogen-bond donors (Lipinski definition) is 1. The summed E-state index contributed by atoms with van der Waals surface area (Å²) in [5.74, 6) is 2.90. The molecule has 0 atom stereocenters. The third-order valence-corrected chi connectivity index (χ3v) is 7.93. The molecular weight excluding hydrogens is 406 g/mol. The van der Waals surface area contributed by atoms with Crippen LogP contribution in [-0.4, -0.2) is 25.3 Å². The monoisotopic (exact) mass is 439 g/mol. The van der Waals surface area contributed by atoms with E-state index in [-0.39, 0.29) is 0 Å². The number of aromatic nitrogens is 3. The van der Waals surface area contributed by atoms with Gasteiger partial charge in [-0.2, -0.15) is 0 Å². The fraction of sp³-hybridized carbons (Fsp3) is 0.429. The Hall–Kier alpha value is -3.08. The summed E-state index contributed by atoms with van der Waals surface area (Å²) in [5.41, 5.74) is 12.8. The lowest BCUT2D eigenvalue weighted by atomic mass is 9.76. The number of hydrogen-bond acceptors (Lipinski definition) is 4. The number of nitrogens with two attached hydrogens (primary N) is 1. The van der Waals surface area contributed by atoms with E-state index in [1.54, 1.807) is 6.20 Å². The van der Waals surface area contributed by atoms with Gasteiger partial charge in [0.15, 0.2) is 0 Å². The highest BCUT2D eigenvalue weighted by Gasteiger charge is 2.32. The molecule has 0 spiro atoms. The molecule has 33 heavy (non-hydrogen) atoms. The number of fused-ring (bicyclic) bond motifs is 2. The topological polar surface area (TPSA) is 59.5 Å². The molecule has 0 bridgehead atoms. The Morgan fingerprint density at radius 2 is 1.88 bits per heavy atom. The third-order valence-electron chi connectivity index (χ3n) is 7.93. The molecule has 3 aliphatic rings. The molecule has 1 aliphatic heterocycles. The Morgan fingerprint density at radius 3 is 2.64 bits per heavy atom. The van der Waals surface area contributed by atoms with Gasteiger partial charge >= 0.3 is 0 Å². The maximum atomic E-state index is 6.39. The number of benzene rings is 1. The Bertz CT molecular complexity index is 1240. The van der Waals surface area contributed by atoms with E-state index in [0.717, 1.165) is 34.2 Å². The molecule has 0 saturated heterocycles. The highest BCUT2D eigenvalue weighted by molar-refractivity contribution is 5.88. The summed E-state index contributed by atoms with van der Waals surface area (Å²) < 4.78 is 2.17. The van der Waals surface area contributed by atoms with Crippen LogP contribution in [-0.2, 0) is 0 Å². The van der Waals surface area contributed by atoms with Crippen LogP contribution in [0.15, 0.2) is 43.4 Å². The summed E-state index contributed by atoms with van der Waals surface area (Å²) in [6, 6.07) is 7.17. The van der Waals surface area contributed by atoms with Crippen molar-refractivity contribution in [2.24, 2.45) is 5.92 Å². The van der Waals surface area contributed by atoms with Crippen molar-refractivity contribution in [1.82, 2.24) is 19.3 Å². The van der Waals surface area contributed by atoms with Gasteiger partial charge in [0.05, 0.1) is 0 Å². The first-order chi connectivity index (χ1) is 16.1. The first-order valence-corrected chi connectivity index (χ1v) is 12.5. The molecule has 2 aromatic heterocycles. The number of rotatable bonds is 3. The van der Waals surface area contributed by atoms with Crippen molar-refractivity contribution in [3.63, 3.8) is 0 Å². The Balaban J connectivity index is 1.41.